The number of anilines is 1. The van der Waals surface area contributed by atoms with E-state index in [0.717, 1.165) is 18.6 Å². The van der Waals surface area contributed by atoms with Gasteiger partial charge in [-0.2, -0.15) is 4.31 Å². The number of aliphatic hydroxyl groups excluding tert-OH is 1. The maximum absolute atomic E-state index is 13.3. The van der Waals surface area contributed by atoms with Crippen molar-refractivity contribution in [2.75, 3.05) is 18.5 Å². The second kappa shape index (κ2) is 8.34. The Morgan fingerprint density at radius 3 is 2.54 bits per heavy atom. The smallest absolute Gasteiger partial charge is 0.255 e. The zero-order chi connectivity index (χ0) is 20.3. The molecule has 9 heteroatoms. The lowest BCUT2D eigenvalue weighted by Crippen LogP contribution is -2.45. The zero-order valence-corrected chi connectivity index (χ0v) is 15.8. The molecule has 0 aromatic heterocycles. The van der Waals surface area contributed by atoms with Gasteiger partial charge in [-0.15, -0.1) is 0 Å². The van der Waals surface area contributed by atoms with Crippen LogP contribution < -0.4 is 5.32 Å². The summed E-state index contributed by atoms with van der Waals surface area (Å²) in [5.74, 6) is -2.38. The average Bonchev–Trinajstić information content (AvgIpc) is 2.67. The van der Waals surface area contributed by atoms with E-state index in [-0.39, 0.29) is 22.8 Å². The second-order valence-corrected chi connectivity index (χ2v) is 8.48. The summed E-state index contributed by atoms with van der Waals surface area (Å²) < 4.78 is 53.7. The summed E-state index contributed by atoms with van der Waals surface area (Å²) in [5, 5.41) is 11.8. The third-order valence-corrected chi connectivity index (χ3v) is 6.55. The highest BCUT2D eigenvalue weighted by Gasteiger charge is 2.33. The summed E-state index contributed by atoms with van der Waals surface area (Å²) in [4.78, 5) is 12.3. The summed E-state index contributed by atoms with van der Waals surface area (Å²) in [6.07, 6.45) is 2.10. The van der Waals surface area contributed by atoms with Crippen LogP contribution in [0.1, 0.15) is 29.6 Å². The summed E-state index contributed by atoms with van der Waals surface area (Å²) >= 11 is 0. The molecule has 0 spiro atoms. The predicted molar refractivity (Wildman–Crippen MR) is 99.4 cm³/mol. The van der Waals surface area contributed by atoms with Crippen molar-refractivity contribution in [1.82, 2.24) is 4.31 Å². The number of piperidine rings is 1. The van der Waals surface area contributed by atoms with Crippen LogP contribution in [0.3, 0.4) is 0 Å². The predicted octanol–water partition coefficient (Wildman–Crippen LogP) is 2.75. The van der Waals surface area contributed by atoms with Gasteiger partial charge in [0.25, 0.3) is 5.91 Å². The Morgan fingerprint density at radius 1 is 1.14 bits per heavy atom. The van der Waals surface area contributed by atoms with Gasteiger partial charge >= 0.3 is 0 Å². The number of carbonyl (C=O) groups excluding carboxylic acids is 1. The van der Waals surface area contributed by atoms with Crippen LogP contribution in [0.4, 0.5) is 14.5 Å². The molecule has 2 aromatic rings. The first kappa shape index (κ1) is 20.4. The van der Waals surface area contributed by atoms with E-state index in [2.05, 4.69) is 5.32 Å². The van der Waals surface area contributed by atoms with Gasteiger partial charge in [0.1, 0.15) is 11.6 Å². The van der Waals surface area contributed by atoms with Crippen molar-refractivity contribution in [3.8, 4) is 0 Å². The van der Waals surface area contributed by atoms with E-state index in [1.54, 1.807) is 0 Å². The van der Waals surface area contributed by atoms with E-state index < -0.39 is 33.6 Å². The van der Waals surface area contributed by atoms with Gasteiger partial charge in [0, 0.05) is 29.9 Å². The van der Waals surface area contributed by atoms with Crippen molar-refractivity contribution < 1.29 is 27.1 Å². The number of aliphatic hydroxyl groups is 1. The Balaban J connectivity index is 1.85. The highest BCUT2D eigenvalue weighted by Crippen LogP contribution is 2.26. The number of sulfonamides is 1. The molecule has 1 amide bonds. The normalized spacial score (nSPS) is 18.0. The number of hydrogen-bond acceptors (Lipinski definition) is 4. The van der Waals surface area contributed by atoms with E-state index in [1.165, 1.54) is 28.6 Å². The quantitative estimate of drug-likeness (QED) is 0.794. The molecule has 28 heavy (non-hydrogen) atoms. The third-order valence-electron chi connectivity index (χ3n) is 4.61. The molecule has 0 saturated carbocycles. The number of benzene rings is 2. The molecule has 1 fully saturated rings. The average molecular weight is 410 g/mol. The second-order valence-electron chi connectivity index (χ2n) is 6.59. The van der Waals surface area contributed by atoms with E-state index in [0.29, 0.717) is 25.5 Å². The topological polar surface area (TPSA) is 86.7 Å². The van der Waals surface area contributed by atoms with Crippen LogP contribution in [0.5, 0.6) is 0 Å². The number of nitrogens with one attached hydrogen (secondary N) is 1. The first-order valence-electron chi connectivity index (χ1n) is 8.81. The summed E-state index contributed by atoms with van der Waals surface area (Å²) in [7, 11) is -3.89. The van der Waals surface area contributed by atoms with Crippen LogP contribution in [0, 0.1) is 11.6 Å². The molecule has 1 saturated heterocycles. The molecule has 1 aliphatic heterocycles. The highest BCUT2D eigenvalue weighted by atomic mass is 32.2. The number of rotatable bonds is 5. The lowest BCUT2D eigenvalue weighted by atomic mass is 10.1. The maximum Gasteiger partial charge on any atom is 0.255 e. The lowest BCUT2D eigenvalue weighted by Gasteiger charge is -2.33. The van der Waals surface area contributed by atoms with Crippen molar-refractivity contribution in [2.24, 2.45) is 0 Å². The molecular weight excluding hydrogens is 390 g/mol. The van der Waals surface area contributed by atoms with Gasteiger partial charge in [0.15, 0.2) is 0 Å². The monoisotopic (exact) mass is 410 g/mol. The molecule has 0 bridgehead atoms. The molecule has 3 rings (SSSR count). The minimum Gasteiger partial charge on any atom is -0.395 e. The van der Waals surface area contributed by atoms with E-state index >= 15 is 0 Å². The number of nitrogens with zero attached hydrogens (tertiary/aromatic N) is 1. The summed E-state index contributed by atoms with van der Waals surface area (Å²) in [5.41, 5.74) is -0.0459. The van der Waals surface area contributed by atoms with Gasteiger partial charge in [-0.25, -0.2) is 17.2 Å². The van der Waals surface area contributed by atoms with E-state index in [4.69, 9.17) is 0 Å². The Bertz CT molecular complexity index is 961. The van der Waals surface area contributed by atoms with Gasteiger partial charge in [-0.1, -0.05) is 12.5 Å². The van der Waals surface area contributed by atoms with Gasteiger partial charge < -0.3 is 10.4 Å². The number of halogens is 2. The Labute approximate surface area is 161 Å². The minimum absolute atomic E-state index is 0.0308. The SMILES string of the molecule is O=C(Nc1cc(F)cc(F)c1)c1cccc(S(=O)(=O)N2CCCCC2CO)c1. The molecule has 150 valence electrons. The fourth-order valence-corrected chi connectivity index (χ4v) is 4.97. The molecule has 0 aliphatic carbocycles. The fraction of sp³-hybridized carbons (Fsp3) is 0.316. The van der Waals surface area contributed by atoms with Crippen LogP contribution >= 0.6 is 0 Å². The van der Waals surface area contributed by atoms with Crippen molar-refractivity contribution in [2.45, 2.75) is 30.2 Å². The van der Waals surface area contributed by atoms with Crippen LogP contribution in [-0.4, -0.2) is 42.9 Å². The summed E-state index contributed by atoms with van der Waals surface area (Å²) in [6.45, 7) is 0.0249. The fourth-order valence-electron chi connectivity index (χ4n) is 3.24. The van der Waals surface area contributed by atoms with Crippen molar-refractivity contribution in [3.05, 3.63) is 59.7 Å². The van der Waals surface area contributed by atoms with Crippen LogP contribution in [0.2, 0.25) is 0 Å². The molecule has 1 atom stereocenters. The number of amides is 1. The van der Waals surface area contributed by atoms with Gasteiger partial charge in [-0.05, 0) is 43.2 Å². The largest absolute Gasteiger partial charge is 0.395 e. The van der Waals surface area contributed by atoms with Gasteiger partial charge in [0.05, 0.1) is 11.5 Å². The molecule has 2 N–H and O–H groups in total. The van der Waals surface area contributed by atoms with Crippen LogP contribution in [0.15, 0.2) is 47.4 Å². The van der Waals surface area contributed by atoms with Crippen molar-refractivity contribution in [1.29, 1.82) is 0 Å². The van der Waals surface area contributed by atoms with E-state index in [9.17, 15) is 27.1 Å². The van der Waals surface area contributed by atoms with Gasteiger partial charge in [-0.3, -0.25) is 4.79 Å². The highest BCUT2D eigenvalue weighted by molar-refractivity contribution is 7.89. The van der Waals surface area contributed by atoms with Gasteiger partial charge in [0.2, 0.25) is 10.0 Å². The summed E-state index contributed by atoms with van der Waals surface area (Å²) in [6, 6.07) is 7.52. The Hall–Kier alpha value is -2.36. The lowest BCUT2D eigenvalue weighted by molar-refractivity contribution is 0.102. The van der Waals surface area contributed by atoms with Crippen molar-refractivity contribution in [3.63, 3.8) is 0 Å². The van der Waals surface area contributed by atoms with E-state index in [1.807, 2.05) is 0 Å². The molecule has 6 nitrogen and oxygen atoms in total. The number of hydrogen-bond donors (Lipinski definition) is 2. The van der Waals surface area contributed by atoms with Crippen molar-refractivity contribution >= 4 is 21.6 Å². The Kier molecular flexibility index (Phi) is 6.07. The molecule has 1 unspecified atom stereocenters. The molecular formula is C19H20F2N2O4S. The minimum atomic E-state index is -3.89. The standard InChI is InChI=1S/C19H20F2N2O4S/c20-14-9-15(21)11-16(10-14)22-19(25)13-4-3-6-18(8-13)28(26,27)23-7-2-1-5-17(23)12-24/h3-4,6,8-11,17,24H,1-2,5,7,12H2,(H,22,25). The van der Waals surface area contributed by atoms with Crippen LogP contribution in [0.25, 0.3) is 0 Å². The molecule has 2 aromatic carbocycles. The Morgan fingerprint density at radius 2 is 1.86 bits per heavy atom. The number of carbonyl (C=O) groups is 1. The zero-order valence-electron chi connectivity index (χ0n) is 14.9. The van der Waals surface area contributed by atoms with Crippen LogP contribution in [-0.2, 0) is 10.0 Å². The maximum atomic E-state index is 13.3. The third kappa shape index (κ3) is 4.37. The first-order chi connectivity index (χ1) is 13.3. The molecule has 1 heterocycles. The molecule has 1 aliphatic rings. The first-order valence-corrected chi connectivity index (χ1v) is 10.3. The molecule has 0 radical (unpaired) electrons.